The smallest absolute Gasteiger partial charge is 0.317 e. The van der Waals surface area contributed by atoms with Crippen LogP contribution in [0, 0.1) is 0 Å². The average Bonchev–Trinajstić information content (AvgIpc) is 3.00. The van der Waals surface area contributed by atoms with E-state index in [2.05, 4.69) is 5.32 Å². The third-order valence-corrected chi connectivity index (χ3v) is 3.93. The maximum absolute atomic E-state index is 11.9. The molecular weight excluding hydrogens is 272 g/mol. The van der Waals surface area contributed by atoms with Gasteiger partial charge < -0.3 is 15.3 Å². The predicted octanol–water partition coefficient (Wildman–Crippen LogP) is 2.62. The van der Waals surface area contributed by atoms with Gasteiger partial charge in [-0.3, -0.25) is 0 Å². The highest BCUT2D eigenvalue weighted by molar-refractivity contribution is 7.10. The van der Waals surface area contributed by atoms with E-state index in [1.54, 1.807) is 7.05 Å². The second-order valence-corrected chi connectivity index (χ2v) is 5.54. The highest BCUT2D eigenvalue weighted by Crippen LogP contribution is 2.19. The van der Waals surface area contributed by atoms with Crippen LogP contribution in [0.3, 0.4) is 0 Å². The van der Waals surface area contributed by atoms with E-state index in [-0.39, 0.29) is 12.6 Å². The van der Waals surface area contributed by atoms with E-state index < -0.39 is 6.10 Å². The molecule has 2 N–H and O–H groups in total. The number of likely N-dealkylation sites (N-methyl/N-ethyl adjacent to an activating group) is 1. The highest BCUT2D eigenvalue weighted by atomic mass is 32.1. The molecule has 0 bridgehead atoms. The first-order valence-electron chi connectivity index (χ1n) is 6.41. The van der Waals surface area contributed by atoms with Crippen molar-refractivity contribution in [3.05, 3.63) is 58.3 Å². The summed E-state index contributed by atoms with van der Waals surface area (Å²) in [5, 5.41) is 14.7. The van der Waals surface area contributed by atoms with Crippen LogP contribution in [0.5, 0.6) is 0 Å². The zero-order valence-electron chi connectivity index (χ0n) is 11.3. The van der Waals surface area contributed by atoms with Gasteiger partial charge in [0.2, 0.25) is 0 Å². The second-order valence-electron chi connectivity index (χ2n) is 4.56. The third-order valence-electron chi connectivity index (χ3n) is 2.95. The molecule has 0 aliphatic rings. The van der Waals surface area contributed by atoms with Crippen LogP contribution in [0.2, 0.25) is 0 Å². The summed E-state index contributed by atoms with van der Waals surface area (Å²) in [6.45, 7) is 0.764. The van der Waals surface area contributed by atoms with Gasteiger partial charge in [-0.1, -0.05) is 36.4 Å². The summed E-state index contributed by atoms with van der Waals surface area (Å²) in [6, 6.07) is 13.3. The maximum atomic E-state index is 11.9. The molecule has 0 spiro atoms. The van der Waals surface area contributed by atoms with E-state index in [0.717, 1.165) is 10.4 Å². The standard InChI is InChI=1S/C15H18N2O2S/c1-17(11-13(18)14-8-5-9-20-14)15(19)16-10-12-6-3-2-4-7-12/h2-9,13,18H,10-11H2,1H3,(H,16,19). The van der Waals surface area contributed by atoms with E-state index in [9.17, 15) is 9.90 Å². The van der Waals surface area contributed by atoms with Crippen LogP contribution < -0.4 is 5.32 Å². The van der Waals surface area contributed by atoms with Crippen LogP contribution >= 0.6 is 11.3 Å². The molecule has 1 aromatic heterocycles. The van der Waals surface area contributed by atoms with Gasteiger partial charge in [0.1, 0.15) is 6.10 Å². The zero-order valence-corrected chi connectivity index (χ0v) is 12.1. The van der Waals surface area contributed by atoms with Crippen molar-refractivity contribution >= 4 is 17.4 Å². The highest BCUT2D eigenvalue weighted by Gasteiger charge is 2.15. The lowest BCUT2D eigenvalue weighted by Gasteiger charge is -2.20. The van der Waals surface area contributed by atoms with Crippen LogP contribution in [0.15, 0.2) is 47.8 Å². The average molecular weight is 290 g/mol. The van der Waals surface area contributed by atoms with Gasteiger partial charge in [0.15, 0.2) is 0 Å². The maximum Gasteiger partial charge on any atom is 0.317 e. The molecule has 2 amide bonds. The van der Waals surface area contributed by atoms with Crippen molar-refractivity contribution in [1.82, 2.24) is 10.2 Å². The SMILES string of the molecule is CN(CC(O)c1cccs1)C(=O)NCc1ccccc1. The first kappa shape index (κ1) is 14.6. The topological polar surface area (TPSA) is 52.6 Å². The molecule has 106 valence electrons. The predicted molar refractivity (Wildman–Crippen MR) is 80.6 cm³/mol. The Bertz CT molecular complexity index is 528. The minimum absolute atomic E-state index is 0.190. The number of amides is 2. The molecule has 1 atom stereocenters. The number of carbonyl (C=O) groups is 1. The molecule has 0 aliphatic carbocycles. The number of nitrogens with one attached hydrogen (secondary N) is 1. The van der Waals surface area contributed by atoms with Gasteiger partial charge in [0.05, 0.1) is 6.54 Å². The van der Waals surface area contributed by atoms with Crippen LogP contribution in [0.4, 0.5) is 4.79 Å². The molecular formula is C15H18N2O2S. The largest absolute Gasteiger partial charge is 0.386 e. The summed E-state index contributed by atoms with van der Waals surface area (Å²) in [4.78, 5) is 14.3. The molecule has 1 unspecified atom stereocenters. The van der Waals surface area contributed by atoms with Gasteiger partial charge in [0, 0.05) is 18.5 Å². The van der Waals surface area contributed by atoms with Gasteiger partial charge in [-0.05, 0) is 17.0 Å². The van der Waals surface area contributed by atoms with Gasteiger partial charge in [-0.25, -0.2) is 4.79 Å². The Balaban J connectivity index is 1.80. The van der Waals surface area contributed by atoms with E-state index >= 15 is 0 Å². The third kappa shape index (κ3) is 4.08. The molecule has 4 nitrogen and oxygen atoms in total. The molecule has 0 saturated carbocycles. The van der Waals surface area contributed by atoms with E-state index in [4.69, 9.17) is 0 Å². The number of aliphatic hydroxyl groups is 1. The lowest BCUT2D eigenvalue weighted by molar-refractivity contribution is 0.134. The lowest BCUT2D eigenvalue weighted by Crippen LogP contribution is -2.39. The van der Waals surface area contributed by atoms with Crippen LogP contribution in [-0.2, 0) is 6.54 Å². The van der Waals surface area contributed by atoms with Crippen LogP contribution in [0.25, 0.3) is 0 Å². The molecule has 0 radical (unpaired) electrons. The normalized spacial score (nSPS) is 11.9. The van der Waals surface area contributed by atoms with Gasteiger partial charge in [-0.2, -0.15) is 0 Å². The van der Waals surface area contributed by atoms with Crippen LogP contribution in [-0.4, -0.2) is 29.6 Å². The van der Waals surface area contributed by atoms with Crippen molar-refractivity contribution in [1.29, 1.82) is 0 Å². The van der Waals surface area contributed by atoms with Crippen molar-refractivity contribution < 1.29 is 9.90 Å². The fourth-order valence-corrected chi connectivity index (χ4v) is 2.52. The van der Waals surface area contributed by atoms with Gasteiger partial charge in [0.25, 0.3) is 0 Å². The Hall–Kier alpha value is -1.85. The van der Waals surface area contributed by atoms with Gasteiger partial charge in [-0.15, -0.1) is 11.3 Å². The zero-order chi connectivity index (χ0) is 14.4. The Morgan fingerprint density at radius 1 is 1.30 bits per heavy atom. The first-order valence-corrected chi connectivity index (χ1v) is 7.29. The van der Waals surface area contributed by atoms with Gasteiger partial charge >= 0.3 is 6.03 Å². The number of rotatable bonds is 5. The number of hydrogen-bond donors (Lipinski definition) is 2. The number of benzene rings is 1. The second kappa shape index (κ2) is 7.07. The number of carbonyl (C=O) groups excluding carboxylic acids is 1. The van der Waals surface area contributed by atoms with Crippen molar-refractivity contribution in [2.24, 2.45) is 0 Å². The quantitative estimate of drug-likeness (QED) is 0.889. The van der Waals surface area contributed by atoms with Crippen molar-refractivity contribution in [2.45, 2.75) is 12.6 Å². The fourth-order valence-electron chi connectivity index (χ4n) is 1.82. The number of aliphatic hydroxyl groups excluding tert-OH is 1. The minimum Gasteiger partial charge on any atom is -0.386 e. The van der Waals surface area contributed by atoms with Crippen molar-refractivity contribution in [2.75, 3.05) is 13.6 Å². The number of nitrogens with zero attached hydrogens (tertiary/aromatic N) is 1. The molecule has 2 rings (SSSR count). The molecule has 1 aromatic carbocycles. The monoisotopic (exact) mass is 290 g/mol. The minimum atomic E-state index is -0.637. The van der Waals surface area contributed by atoms with Crippen molar-refractivity contribution in [3.8, 4) is 0 Å². The Morgan fingerprint density at radius 3 is 2.70 bits per heavy atom. The molecule has 5 heteroatoms. The molecule has 1 heterocycles. The summed E-state index contributed by atoms with van der Waals surface area (Å²) < 4.78 is 0. The number of hydrogen-bond acceptors (Lipinski definition) is 3. The van der Waals surface area contributed by atoms with E-state index in [1.807, 2.05) is 47.8 Å². The molecule has 20 heavy (non-hydrogen) atoms. The number of thiophene rings is 1. The van der Waals surface area contributed by atoms with Crippen LogP contribution in [0.1, 0.15) is 16.5 Å². The Labute approximate surface area is 122 Å². The summed E-state index contributed by atoms with van der Waals surface area (Å²) in [6.07, 6.45) is -0.637. The molecule has 0 aliphatic heterocycles. The Morgan fingerprint density at radius 2 is 2.05 bits per heavy atom. The summed E-state index contributed by atoms with van der Waals surface area (Å²) >= 11 is 1.49. The summed E-state index contributed by atoms with van der Waals surface area (Å²) in [5.41, 5.74) is 1.05. The molecule has 0 fully saturated rings. The summed E-state index contributed by atoms with van der Waals surface area (Å²) in [5.74, 6) is 0. The van der Waals surface area contributed by atoms with E-state index in [0.29, 0.717) is 6.54 Å². The van der Waals surface area contributed by atoms with Crippen molar-refractivity contribution in [3.63, 3.8) is 0 Å². The fraction of sp³-hybridized carbons (Fsp3) is 0.267. The molecule has 0 saturated heterocycles. The Kier molecular flexibility index (Phi) is 5.15. The van der Waals surface area contributed by atoms with E-state index in [1.165, 1.54) is 16.2 Å². The number of urea groups is 1. The first-order chi connectivity index (χ1) is 9.66. The lowest BCUT2D eigenvalue weighted by atomic mass is 10.2. The summed E-state index contributed by atoms with van der Waals surface area (Å²) in [7, 11) is 1.68. The molecule has 2 aromatic rings.